The molecule has 174 valence electrons. The molecule has 4 saturated carbocycles. The molecule has 10 atom stereocenters. The summed E-state index contributed by atoms with van der Waals surface area (Å²) in [7, 11) is 0. The van der Waals surface area contributed by atoms with Crippen LogP contribution in [0.3, 0.4) is 0 Å². The van der Waals surface area contributed by atoms with Crippen LogP contribution >= 0.6 is 0 Å². The number of aliphatic hydroxyl groups is 2. The number of aliphatic hydroxyl groups excluding tert-OH is 2. The molecule has 0 saturated heterocycles. The second-order valence-electron chi connectivity index (χ2n) is 13.1. The normalized spacial score (nSPS) is 49.4. The lowest BCUT2D eigenvalue weighted by Gasteiger charge is -2.63. The van der Waals surface area contributed by atoms with Crippen molar-refractivity contribution in [3.63, 3.8) is 0 Å². The van der Waals surface area contributed by atoms with Crippen molar-refractivity contribution in [2.24, 2.45) is 58.2 Å². The molecular formula is C28H50O2. The van der Waals surface area contributed by atoms with Crippen LogP contribution in [-0.2, 0) is 0 Å². The fourth-order valence-electron chi connectivity index (χ4n) is 9.71. The number of fused-ring (bicyclic) bond motifs is 5. The first-order valence-electron chi connectivity index (χ1n) is 13.5. The molecule has 30 heavy (non-hydrogen) atoms. The second-order valence-corrected chi connectivity index (χ2v) is 13.1. The quantitative estimate of drug-likeness (QED) is 0.504. The third kappa shape index (κ3) is 3.81. The zero-order valence-corrected chi connectivity index (χ0v) is 20.6. The fourth-order valence-corrected chi connectivity index (χ4v) is 9.71. The molecule has 0 amide bonds. The van der Waals surface area contributed by atoms with Crippen molar-refractivity contribution in [1.29, 1.82) is 0 Å². The van der Waals surface area contributed by atoms with E-state index in [0.29, 0.717) is 29.3 Å². The lowest BCUT2D eigenvalue weighted by atomic mass is 9.42. The molecule has 0 bridgehead atoms. The van der Waals surface area contributed by atoms with Gasteiger partial charge in [0.25, 0.3) is 0 Å². The summed E-state index contributed by atoms with van der Waals surface area (Å²) in [6.45, 7) is 12.8. The first kappa shape index (κ1) is 23.1. The highest BCUT2D eigenvalue weighted by molar-refractivity contribution is 5.11. The second kappa shape index (κ2) is 8.69. The maximum absolute atomic E-state index is 10.4. The molecule has 4 aliphatic rings. The van der Waals surface area contributed by atoms with Gasteiger partial charge in [-0.3, -0.25) is 0 Å². The average molecular weight is 419 g/mol. The van der Waals surface area contributed by atoms with E-state index in [1.165, 1.54) is 57.8 Å². The van der Waals surface area contributed by atoms with E-state index in [9.17, 15) is 10.2 Å². The molecular weight excluding hydrogens is 368 g/mol. The molecule has 2 heteroatoms. The average Bonchev–Trinajstić information content (AvgIpc) is 3.05. The maximum atomic E-state index is 10.4. The Morgan fingerprint density at radius 1 is 0.833 bits per heavy atom. The van der Waals surface area contributed by atoms with E-state index < -0.39 is 0 Å². The van der Waals surface area contributed by atoms with Crippen LogP contribution in [0.5, 0.6) is 0 Å². The molecule has 0 heterocycles. The van der Waals surface area contributed by atoms with Gasteiger partial charge < -0.3 is 10.2 Å². The van der Waals surface area contributed by atoms with Gasteiger partial charge in [-0.1, -0.05) is 53.9 Å². The van der Waals surface area contributed by atoms with Crippen molar-refractivity contribution in [1.82, 2.24) is 0 Å². The monoisotopic (exact) mass is 418 g/mol. The van der Waals surface area contributed by atoms with Crippen molar-refractivity contribution < 1.29 is 10.2 Å². The van der Waals surface area contributed by atoms with Crippen molar-refractivity contribution in [3.05, 3.63) is 0 Å². The maximum Gasteiger partial charge on any atom is 0.0543 e. The SMILES string of the molecule is CC(C)CCC[C@H](C)[C@@H]1CC[C@@H]2[C@@H]3C[C@H](CO)[C@H]4C[C@H](O)CC[C@]4(C)[C@H]3CC[C@]21C. The van der Waals surface area contributed by atoms with Crippen LogP contribution in [0.15, 0.2) is 0 Å². The predicted molar refractivity (Wildman–Crippen MR) is 125 cm³/mol. The fraction of sp³-hybridized carbons (Fsp3) is 1.00. The van der Waals surface area contributed by atoms with Crippen molar-refractivity contribution in [3.8, 4) is 0 Å². The molecule has 4 aliphatic carbocycles. The zero-order chi connectivity index (χ0) is 21.7. The smallest absolute Gasteiger partial charge is 0.0543 e. The number of hydrogen-bond donors (Lipinski definition) is 2. The number of hydrogen-bond acceptors (Lipinski definition) is 2. The molecule has 0 aliphatic heterocycles. The van der Waals surface area contributed by atoms with Crippen LogP contribution in [-0.4, -0.2) is 22.9 Å². The summed E-state index contributed by atoms with van der Waals surface area (Å²) in [4.78, 5) is 0. The van der Waals surface area contributed by atoms with Crippen molar-refractivity contribution >= 4 is 0 Å². The molecule has 4 fully saturated rings. The standard InChI is InChI=1S/C28H50O2/c1-18(2)7-6-8-19(3)23-9-10-24-22-15-20(17-29)26-16-21(30)11-13-28(26,5)25(22)12-14-27(23,24)4/h18-26,29-30H,6-17H2,1-5H3/t19-,20+,21+,22-,23-,24+,25-,26+,27-,28+/m0/s1. The lowest BCUT2D eigenvalue weighted by Crippen LogP contribution is -2.57. The molecule has 4 rings (SSSR count). The summed E-state index contributed by atoms with van der Waals surface area (Å²) < 4.78 is 0. The Morgan fingerprint density at radius 3 is 2.23 bits per heavy atom. The van der Waals surface area contributed by atoms with Gasteiger partial charge in [0.2, 0.25) is 0 Å². The minimum atomic E-state index is -0.134. The van der Waals surface area contributed by atoms with Gasteiger partial charge in [-0.15, -0.1) is 0 Å². The van der Waals surface area contributed by atoms with Crippen LogP contribution in [0, 0.1) is 58.2 Å². The lowest BCUT2D eigenvalue weighted by molar-refractivity contribution is -0.158. The molecule has 2 N–H and O–H groups in total. The molecule has 0 unspecified atom stereocenters. The molecule has 0 spiro atoms. The molecule has 2 nitrogen and oxygen atoms in total. The van der Waals surface area contributed by atoms with Crippen molar-refractivity contribution in [2.45, 2.75) is 111 Å². The van der Waals surface area contributed by atoms with Gasteiger partial charge in [-0.2, -0.15) is 0 Å². The Balaban J connectivity index is 1.52. The van der Waals surface area contributed by atoms with Crippen LogP contribution in [0.4, 0.5) is 0 Å². The highest BCUT2D eigenvalue weighted by atomic mass is 16.3. The summed E-state index contributed by atoms with van der Waals surface area (Å²) in [5, 5.41) is 20.7. The first-order chi connectivity index (χ1) is 14.2. The van der Waals surface area contributed by atoms with E-state index in [1.54, 1.807) is 0 Å². The Labute approximate surface area is 186 Å². The van der Waals surface area contributed by atoms with Crippen molar-refractivity contribution in [2.75, 3.05) is 6.61 Å². The largest absolute Gasteiger partial charge is 0.396 e. The highest BCUT2D eigenvalue weighted by Crippen LogP contribution is 2.69. The molecule has 0 aromatic carbocycles. The highest BCUT2D eigenvalue weighted by Gasteiger charge is 2.62. The zero-order valence-electron chi connectivity index (χ0n) is 20.6. The van der Waals surface area contributed by atoms with E-state index in [1.807, 2.05) is 0 Å². The van der Waals surface area contributed by atoms with Crippen LogP contribution in [0.1, 0.15) is 105 Å². The molecule has 0 radical (unpaired) electrons. The Morgan fingerprint density at radius 2 is 1.53 bits per heavy atom. The molecule has 0 aromatic rings. The topological polar surface area (TPSA) is 40.5 Å². The predicted octanol–water partition coefficient (Wildman–Crippen LogP) is 6.69. The van der Waals surface area contributed by atoms with Crippen LogP contribution in [0.2, 0.25) is 0 Å². The minimum Gasteiger partial charge on any atom is -0.396 e. The third-order valence-electron chi connectivity index (χ3n) is 11.3. The molecule has 0 aromatic heterocycles. The number of rotatable bonds is 6. The van der Waals surface area contributed by atoms with Gasteiger partial charge in [-0.25, -0.2) is 0 Å². The van der Waals surface area contributed by atoms with E-state index in [0.717, 1.165) is 48.3 Å². The Hall–Kier alpha value is -0.0800. The van der Waals surface area contributed by atoms with Crippen LogP contribution in [0.25, 0.3) is 0 Å². The summed E-state index contributed by atoms with van der Waals surface area (Å²) in [6.07, 6.45) is 14.1. The van der Waals surface area contributed by atoms with E-state index in [2.05, 4.69) is 34.6 Å². The van der Waals surface area contributed by atoms with Crippen LogP contribution < -0.4 is 0 Å². The summed E-state index contributed by atoms with van der Waals surface area (Å²) in [6, 6.07) is 0. The van der Waals surface area contributed by atoms with E-state index in [4.69, 9.17) is 0 Å². The summed E-state index contributed by atoms with van der Waals surface area (Å²) in [5.41, 5.74) is 0.869. The van der Waals surface area contributed by atoms with E-state index >= 15 is 0 Å². The van der Waals surface area contributed by atoms with Gasteiger partial charge in [-0.05, 0) is 110 Å². The van der Waals surface area contributed by atoms with Gasteiger partial charge in [0.15, 0.2) is 0 Å². The van der Waals surface area contributed by atoms with Gasteiger partial charge in [0.1, 0.15) is 0 Å². The summed E-state index contributed by atoms with van der Waals surface area (Å²) in [5.74, 6) is 6.05. The Kier molecular flexibility index (Phi) is 6.69. The third-order valence-corrected chi connectivity index (χ3v) is 11.3. The minimum absolute atomic E-state index is 0.134. The van der Waals surface area contributed by atoms with Gasteiger partial charge >= 0.3 is 0 Å². The van der Waals surface area contributed by atoms with E-state index in [-0.39, 0.29) is 6.10 Å². The first-order valence-corrected chi connectivity index (χ1v) is 13.5. The Bertz CT molecular complexity index is 587. The summed E-state index contributed by atoms with van der Waals surface area (Å²) >= 11 is 0. The van der Waals surface area contributed by atoms with Gasteiger partial charge in [0.05, 0.1) is 6.10 Å². The van der Waals surface area contributed by atoms with Gasteiger partial charge in [0, 0.05) is 6.61 Å².